The summed E-state index contributed by atoms with van der Waals surface area (Å²) in [6.07, 6.45) is -1.70. The lowest BCUT2D eigenvalue weighted by atomic mass is 10.2. The standard InChI is InChI=1S/C12H13N3O5/c1-20-9-4-2-3-7(5-13)10(9)15-12(19)14-6-8(16)11(17)18/h2-4,8,16H,6H2,1H3,(H,17,18)(H2,14,15,19). The minimum atomic E-state index is -1.70. The third-order valence-electron chi connectivity index (χ3n) is 2.35. The van der Waals surface area contributed by atoms with Crippen LogP contribution in [0.15, 0.2) is 18.2 Å². The van der Waals surface area contributed by atoms with Crippen molar-refractivity contribution in [1.29, 1.82) is 5.26 Å². The van der Waals surface area contributed by atoms with Gasteiger partial charge in [0.1, 0.15) is 17.5 Å². The van der Waals surface area contributed by atoms with Crippen LogP contribution >= 0.6 is 0 Å². The molecule has 0 bridgehead atoms. The van der Waals surface area contributed by atoms with E-state index in [9.17, 15) is 9.59 Å². The second-order valence-corrected chi connectivity index (χ2v) is 3.68. The molecule has 1 aromatic rings. The lowest BCUT2D eigenvalue weighted by Crippen LogP contribution is -2.38. The largest absolute Gasteiger partial charge is 0.495 e. The Labute approximate surface area is 114 Å². The number of rotatable bonds is 5. The van der Waals surface area contributed by atoms with E-state index in [1.807, 2.05) is 6.07 Å². The van der Waals surface area contributed by atoms with E-state index in [-0.39, 0.29) is 17.0 Å². The maximum absolute atomic E-state index is 11.6. The molecule has 0 aliphatic carbocycles. The summed E-state index contributed by atoms with van der Waals surface area (Å²) in [4.78, 5) is 22.0. The van der Waals surface area contributed by atoms with Gasteiger partial charge < -0.3 is 25.6 Å². The van der Waals surface area contributed by atoms with Crippen LogP contribution in [0.3, 0.4) is 0 Å². The van der Waals surface area contributed by atoms with E-state index in [1.54, 1.807) is 12.1 Å². The number of nitriles is 1. The van der Waals surface area contributed by atoms with Gasteiger partial charge in [0.25, 0.3) is 0 Å². The summed E-state index contributed by atoms with van der Waals surface area (Å²) in [6, 6.07) is 5.78. The highest BCUT2D eigenvalue weighted by Crippen LogP contribution is 2.27. The number of nitrogens with one attached hydrogen (secondary N) is 2. The molecule has 0 aromatic heterocycles. The smallest absolute Gasteiger partial charge is 0.334 e. The van der Waals surface area contributed by atoms with Crippen molar-refractivity contribution in [2.45, 2.75) is 6.10 Å². The second kappa shape index (κ2) is 6.96. The molecule has 0 saturated carbocycles. The van der Waals surface area contributed by atoms with Gasteiger partial charge in [0.2, 0.25) is 0 Å². The highest BCUT2D eigenvalue weighted by Gasteiger charge is 2.16. The Morgan fingerprint density at radius 1 is 1.50 bits per heavy atom. The number of carbonyl (C=O) groups excluding carboxylic acids is 1. The van der Waals surface area contributed by atoms with Crippen molar-refractivity contribution in [1.82, 2.24) is 5.32 Å². The predicted octanol–water partition coefficient (Wildman–Crippen LogP) is 0.134. The van der Waals surface area contributed by atoms with Gasteiger partial charge >= 0.3 is 12.0 Å². The number of anilines is 1. The maximum atomic E-state index is 11.6. The number of methoxy groups -OCH3 is 1. The van der Waals surface area contributed by atoms with E-state index < -0.39 is 24.6 Å². The molecule has 0 spiro atoms. The summed E-state index contributed by atoms with van der Waals surface area (Å²) in [7, 11) is 1.38. The summed E-state index contributed by atoms with van der Waals surface area (Å²) in [5.74, 6) is -1.15. The maximum Gasteiger partial charge on any atom is 0.334 e. The fourth-order valence-electron chi connectivity index (χ4n) is 1.36. The molecule has 4 N–H and O–H groups in total. The van der Waals surface area contributed by atoms with Crippen LogP contribution in [0.1, 0.15) is 5.56 Å². The quantitative estimate of drug-likeness (QED) is 0.606. The van der Waals surface area contributed by atoms with Gasteiger partial charge in [-0.15, -0.1) is 0 Å². The Morgan fingerprint density at radius 2 is 2.20 bits per heavy atom. The molecule has 0 radical (unpaired) electrons. The molecule has 106 valence electrons. The van der Waals surface area contributed by atoms with E-state index in [2.05, 4.69) is 10.6 Å². The first-order chi connectivity index (χ1) is 9.49. The Hall–Kier alpha value is -2.79. The van der Waals surface area contributed by atoms with Gasteiger partial charge in [0.15, 0.2) is 6.10 Å². The monoisotopic (exact) mass is 279 g/mol. The molecule has 0 heterocycles. The molecule has 1 rings (SSSR count). The normalized spacial score (nSPS) is 11.1. The number of carboxylic acid groups (broad SMARTS) is 1. The first kappa shape index (κ1) is 15.3. The van der Waals surface area contributed by atoms with E-state index in [0.29, 0.717) is 0 Å². The van der Waals surface area contributed by atoms with Crippen LogP contribution in [0.25, 0.3) is 0 Å². The topological polar surface area (TPSA) is 132 Å². The molecule has 0 saturated heterocycles. The van der Waals surface area contributed by atoms with Crippen molar-refractivity contribution in [2.24, 2.45) is 0 Å². The molecule has 0 aliphatic rings. The molecular weight excluding hydrogens is 266 g/mol. The summed E-state index contributed by atoms with van der Waals surface area (Å²) in [5, 5.41) is 31.0. The molecule has 0 aliphatic heterocycles. The van der Waals surface area contributed by atoms with Crippen molar-refractivity contribution < 1.29 is 24.5 Å². The number of urea groups is 1. The van der Waals surface area contributed by atoms with E-state index in [1.165, 1.54) is 13.2 Å². The third kappa shape index (κ3) is 3.86. The minimum absolute atomic E-state index is 0.166. The van der Waals surface area contributed by atoms with Crippen LogP contribution in [0, 0.1) is 11.3 Å². The number of aliphatic carboxylic acids is 1. The first-order valence-corrected chi connectivity index (χ1v) is 5.52. The van der Waals surface area contributed by atoms with Gasteiger partial charge in [-0.1, -0.05) is 6.07 Å². The first-order valence-electron chi connectivity index (χ1n) is 5.52. The van der Waals surface area contributed by atoms with Gasteiger partial charge in [-0.05, 0) is 12.1 Å². The molecule has 1 aromatic carbocycles. The Balaban J connectivity index is 2.76. The van der Waals surface area contributed by atoms with Crippen molar-refractivity contribution in [2.75, 3.05) is 19.0 Å². The Kier molecular flexibility index (Phi) is 5.31. The molecular formula is C12H13N3O5. The number of para-hydroxylation sites is 1. The van der Waals surface area contributed by atoms with E-state index >= 15 is 0 Å². The summed E-state index contributed by atoms with van der Waals surface area (Å²) < 4.78 is 5.02. The highest BCUT2D eigenvalue weighted by molar-refractivity contribution is 5.93. The number of benzene rings is 1. The van der Waals surface area contributed by atoms with Crippen molar-refractivity contribution in [3.63, 3.8) is 0 Å². The molecule has 2 amide bonds. The highest BCUT2D eigenvalue weighted by atomic mass is 16.5. The van der Waals surface area contributed by atoms with Crippen LogP contribution < -0.4 is 15.4 Å². The average molecular weight is 279 g/mol. The van der Waals surface area contributed by atoms with Crippen LogP contribution in [-0.4, -0.2) is 42.0 Å². The summed E-state index contributed by atoms with van der Waals surface area (Å²) in [6.45, 7) is -0.460. The number of amides is 2. The van der Waals surface area contributed by atoms with Crippen molar-refractivity contribution in [3.05, 3.63) is 23.8 Å². The summed E-state index contributed by atoms with van der Waals surface area (Å²) in [5.41, 5.74) is 0.359. The van der Waals surface area contributed by atoms with Crippen LogP contribution in [0.2, 0.25) is 0 Å². The number of hydrogen-bond acceptors (Lipinski definition) is 5. The van der Waals surface area contributed by atoms with Gasteiger partial charge in [-0.3, -0.25) is 0 Å². The predicted molar refractivity (Wildman–Crippen MR) is 68.4 cm³/mol. The lowest BCUT2D eigenvalue weighted by molar-refractivity contribution is -0.146. The van der Waals surface area contributed by atoms with Gasteiger partial charge in [0, 0.05) is 0 Å². The number of aliphatic hydroxyl groups excluding tert-OH is 1. The average Bonchev–Trinajstić information content (AvgIpc) is 2.44. The fourth-order valence-corrected chi connectivity index (χ4v) is 1.36. The molecule has 1 unspecified atom stereocenters. The zero-order valence-corrected chi connectivity index (χ0v) is 10.6. The Morgan fingerprint density at radius 3 is 2.75 bits per heavy atom. The fraction of sp³-hybridized carbons (Fsp3) is 0.250. The van der Waals surface area contributed by atoms with E-state index in [4.69, 9.17) is 20.2 Å². The number of hydrogen-bond donors (Lipinski definition) is 4. The number of carboxylic acids is 1. The van der Waals surface area contributed by atoms with Crippen molar-refractivity contribution >= 4 is 17.7 Å². The number of nitrogens with zero attached hydrogens (tertiary/aromatic N) is 1. The molecule has 20 heavy (non-hydrogen) atoms. The minimum Gasteiger partial charge on any atom is -0.495 e. The van der Waals surface area contributed by atoms with Gasteiger partial charge in [0.05, 0.1) is 19.2 Å². The summed E-state index contributed by atoms with van der Waals surface area (Å²) >= 11 is 0. The van der Waals surface area contributed by atoms with Crippen LogP contribution in [0.4, 0.5) is 10.5 Å². The lowest BCUT2D eigenvalue weighted by Gasteiger charge is -2.13. The number of ether oxygens (including phenoxy) is 1. The van der Waals surface area contributed by atoms with Crippen LogP contribution in [-0.2, 0) is 4.79 Å². The van der Waals surface area contributed by atoms with E-state index in [0.717, 1.165) is 0 Å². The van der Waals surface area contributed by atoms with Crippen molar-refractivity contribution in [3.8, 4) is 11.8 Å². The molecule has 8 heteroatoms. The zero-order valence-electron chi connectivity index (χ0n) is 10.6. The Bertz CT molecular complexity index is 553. The molecule has 8 nitrogen and oxygen atoms in total. The van der Waals surface area contributed by atoms with Gasteiger partial charge in [-0.2, -0.15) is 5.26 Å². The zero-order chi connectivity index (χ0) is 15.1. The molecule has 0 fully saturated rings. The third-order valence-corrected chi connectivity index (χ3v) is 2.35. The van der Waals surface area contributed by atoms with Crippen LogP contribution in [0.5, 0.6) is 5.75 Å². The number of carbonyl (C=O) groups is 2. The molecule has 1 atom stereocenters. The SMILES string of the molecule is COc1cccc(C#N)c1NC(=O)NCC(O)C(=O)O. The van der Waals surface area contributed by atoms with Gasteiger partial charge in [-0.25, -0.2) is 9.59 Å². The second-order valence-electron chi connectivity index (χ2n) is 3.68. The number of aliphatic hydroxyl groups is 1.